The second kappa shape index (κ2) is 7.34. The summed E-state index contributed by atoms with van der Waals surface area (Å²) in [6.45, 7) is 3.09. The second-order valence-electron chi connectivity index (χ2n) is 8.17. The van der Waals surface area contributed by atoms with Gasteiger partial charge in [-0.25, -0.2) is 0 Å². The van der Waals surface area contributed by atoms with E-state index in [2.05, 4.69) is 37.3 Å². The molecule has 0 aromatic heterocycles. The van der Waals surface area contributed by atoms with Crippen LogP contribution in [0.5, 0.6) is 5.75 Å². The molecule has 0 heterocycles. The topological polar surface area (TPSA) is 36.9 Å². The largest absolute Gasteiger partial charge is 0.468 e. The highest BCUT2D eigenvalue weighted by Gasteiger charge is 2.53. The Morgan fingerprint density at radius 2 is 1.92 bits per heavy atom. The Kier molecular flexibility index (Phi) is 5.09. The summed E-state index contributed by atoms with van der Waals surface area (Å²) in [7, 11) is 3.35. The highest BCUT2D eigenvalue weighted by atomic mass is 16.7. The van der Waals surface area contributed by atoms with Crippen molar-refractivity contribution in [3.63, 3.8) is 0 Å². The first-order valence-corrected chi connectivity index (χ1v) is 9.71. The van der Waals surface area contributed by atoms with Crippen LogP contribution < -0.4 is 4.74 Å². The van der Waals surface area contributed by atoms with E-state index in [1.54, 1.807) is 14.2 Å². The van der Waals surface area contributed by atoms with Gasteiger partial charge >= 0.3 is 0 Å². The predicted octanol–water partition coefficient (Wildman–Crippen LogP) is 4.29. The number of ether oxygens (including phenoxy) is 4. The molecule has 3 aliphatic carbocycles. The lowest BCUT2D eigenvalue weighted by Gasteiger charge is -2.50. The molecule has 3 aliphatic rings. The van der Waals surface area contributed by atoms with Crippen molar-refractivity contribution in [1.82, 2.24) is 0 Å². The molecule has 4 heteroatoms. The number of rotatable bonds is 6. The molecule has 0 radical (unpaired) electrons. The summed E-state index contributed by atoms with van der Waals surface area (Å²) in [5.74, 6) is 2.87. The average molecular weight is 358 g/mol. The monoisotopic (exact) mass is 358 g/mol. The number of hydrogen-bond acceptors (Lipinski definition) is 4. The number of benzene rings is 1. The molecule has 0 bridgehead atoms. The smallest absolute Gasteiger partial charge is 0.188 e. The quantitative estimate of drug-likeness (QED) is 0.561. The van der Waals surface area contributed by atoms with Crippen LogP contribution >= 0.6 is 0 Å². The average Bonchev–Trinajstić information content (AvgIpc) is 3.00. The molecule has 0 aliphatic heterocycles. The fraction of sp³-hybridized carbons (Fsp3) is 0.636. The Labute approximate surface area is 156 Å². The van der Waals surface area contributed by atoms with Gasteiger partial charge in [-0.1, -0.05) is 25.1 Å². The van der Waals surface area contributed by atoms with Crippen molar-refractivity contribution in [2.45, 2.75) is 44.6 Å². The zero-order valence-electron chi connectivity index (χ0n) is 16.1. The van der Waals surface area contributed by atoms with Crippen LogP contribution in [0.3, 0.4) is 0 Å². The summed E-state index contributed by atoms with van der Waals surface area (Å²) >= 11 is 0. The fourth-order valence-electron chi connectivity index (χ4n) is 5.57. The number of aryl methyl sites for hydroxylation is 1. The normalized spacial score (nSPS) is 34.9. The van der Waals surface area contributed by atoms with E-state index in [-0.39, 0.29) is 11.5 Å². The molecule has 4 rings (SSSR count). The molecule has 0 saturated heterocycles. The minimum atomic E-state index is 0.180. The first-order valence-electron chi connectivity index (χ1n) is 9.71. The molecule has 1 aromatic carbocycles. The fourth-order valence-corrected chi connectivity index (χ4v) is 5.57. The minimum absolute atomic E-state index is 0.180. The number of hydrogen-bond donors (Lipinski definition) is 0. The van der Waals surface area contributed by atoms with Gasteiger partial charge in [0.1, 0.15) is 12.5 Å². The van der Waals surface area contributed by atoms with E-state index in [0.29, 0.717) is 31.3 Å². The summed E-state index contributed by atoms with van der Waals surface area (Å²) in [6.07, 6.45) is 9.69. The van der Waals surface area contributed by atoms with Crippen molar-refractivity contribution in [3.05, 3.63) is 41.5 Å². The van der Waals surface area contributed by atoms with Crippen LogP contribution in [0, 0.1) is 17.3 Å². The molecule has 5 unspecified atom stereocenters. The van der Waals surface area contributed by atoms with E-state index >= 15 is 0 Å². The Hall–Kier alpha value is -1.36. The zero-order valence-corrected chi connectivity index (χ0v) is 16.1. The van der Waals surface area contributed by atoms with Crippen LogP contribution in [0.25, 0.3) is 0 Å². The maximum absolute atomic E-state index is 5.99. The molecule has 0 amide bonds. The van der Waals surface area contributed by atoms with Crippen molar-refractivity contribution in [2.75, 3.05) is 27.8 Å². The van der Waals surface area contributed by atoms with Gasteiger partial charge in [0.05, 0.1) is 6.10 Å². The summed E-state index contributed by atoms with van der Waals surface area (Å²) in [5, 5.41) is 0. The van der Waals surface area contributed by atoms with Crippen molar-refractivity contribution < 1.29 is 18.9 Å². The van der Waals surface area contributed by atoms with E-state index in [1.165, 1.54) is 30.4 Å². The standard InChI is InChI=1S/C22H30O4/c1-22-11-10-18-17-7-5-16(25-13-23-2)12-15(17)4-6-19(18)20(22)8-9-21(22)26-14-24-3/h5,7-9,12,18-21H,4,6,10-11,13-14H2,1-3H3. The molecular weight excluding hydrogens is 328 g/mol. The van der Waals surface area contributed by atoms with E-state index in [1.807, 2.05) is 0 Å². The van der Waals surface area contributed by atoms with Crippen LogP contribution in [0.1, 0.15) is 43.2 Å². The Morgan fingerprint density at radius 1 is 1.08 bits per heavy atom. The Morgan fingerprint density at radius 3 is 2.73 bits per heavy atom. The van der Waals surface area contributed by atoms with Gasteiger partial charge in [0.15, 0.2) is 6.79 Å². The van der Waals surface area contributed by atoms with Crippen LogP contribution in [0.4, 0.5) is 0 Å². The van der Waals surface area contributed by atoms with Crippen LogP contribution in [-0.2, 0) is 20.6 Å². The van der Waals surface area contributed by atoms with Gasteiger partial charge in [0.2, 0.25) is 0 Å². The molecule has 4 nitrogen and oxygen atoms in total. The zero-order chi connectivity index (χ0) is 18.1. The summed E-state index contributed by atoms with van der Waals surface area (Å²) < 4.78 is 21.8. The molecule has 1 fully saturated rings. The molecule has 0 N–H and O–H groups in total. The molecule has 5 atom stereocenters. The first kappa shape index (κ1) is 18.0. The maximum atomic E-state index is 5.99. The molecular formula is C22H30O4. The maximum Gasteiger partial charge on any atom is 0.188 e. The molecule has 1 aromatic rings. The third-order valence-electron chi connectivity index (χ3n) is 6.85. The van der Waals surface area contributed by atoms with Crippen molar-refractivity contribution in [2.24, 2.45) is 17.3 Å². The van der Waals surface area contributed by atoms with Crippen LogP contribution in [0.2, 0.25) is 0 Å². The Bertz CT molecular complexity index is 670. The van der Waals surface area contributed by atoms with Crippen molar-refractivity contribution >= 4 is 0 Å². The van der Waals surface area contributed by atoms with Crippen LogP contribution in [-0.4, -0.2) is 33.9 Å². The van der Waals surface area contributed by atoms with E-state index in [4.69, 9.17) is 18.9 Å². The van der Waals surface area contributed by atoms with Gasteiger partial charge in [-0.05, 0) is 66.7 Å². The summed E-state index contributed by atoms with van der Waals surface area (Å²) in [4.78, 5) is 0. The van der Waals surface area contributed by atoms with Gasteiger partial charge < -0.3 is 18.9 Å². The Balaban J connectivity index is 1.54. The lowest BCUT2D eigenvalue weighted by atomic mass is 9.55. The summed E-state index contributed by atoms with van der Waals surface area (Å²) in [6, 6.07) is 6.60. The molecule has 142 valence electrons. The first-order chi connectivity index (χ1) is 12.7. The lowest BCUT2D eigenvalue weighted by Crippen LogP contribution is -2.45. The van der Waals surface area contributed by atoms with Gasteiger partial charge in [0, 0.05) is 19.6 Å². The minimum Gasteiger partial charge on any atom is -0.468 e. The number of allylic oxidation sites excluding steroid dienone is 1. The third kappa shape index (κ3) is 2.98. The van der Waals surface area contributed by atoms with Gasteiger partial charge in [-0.15, -0.1) is 0 Å². The summed E-state index contributed by atoms with van der Waals surface area (Å²) in [5.41, 5.74) is 3.19. The predicted molar refractivity (Wildman–Crippen MR) is 100 cm³/mol. The van der Waals surface area contributed by atoms with Crippen LogP contribution in [0.15, 0.2) is 30.4 Å². The van der Waals surface area contributed by atoms with Crippen molar-refractivity contribution in [3.8, 4) is 5.75 Å². The second-order valence-corrected chi connectivity index (χ2v) is 8.17. The van der Waals surface area contributed by atoms with E-state index < -0.39 is 0 Å². The third-order valence-corrected chi connectivity index (χ3v) is 6.85. The molecule has 1 saturated carbocycles. The van der Waals surface area contributed by atoms with Crippen molar-refractivity contribution in [1.29, 1.82) is 0 Å². The molecule has 0 spiro atoms. The SMILES string of the molecule is COCOc1ccc2c(c1)CCC1C2CCC2(C)C(OCOC)C=CC12. The van der Waals surface area contributed by atoms with Gasteiger partial charge in [0.25, 0.3) is 0 Å². The lowest BCUT2D eigenvalue weighted by molar-refractivity contribution is -0.114. The van der Waals surface area contributed by atoms with E-state index in [0.717, 1.165) is 12.2 Å². The molecule has 26 heavy (non-hydrogen) atoms. The number of methoxy groups -OCH3 is 2. The highest BCUT2D eigenvalue weighted by molar-refractivity contribution is 5.41. The van der Waals surface area contributed by atoms with E-state index in [9.17, 15) is 0 Å². The van der Waals surface area contributed by atoms with Gasteiger partial charge in [-0.3, -0.25) is 0 Å². The number of fused-ring (bicyclic) bond motifs is 5. The highest BCUT2D eigenvalue weighted by Crippen LogP contribution is 2.59. The van der Waals surface area contributed by atoms with Gasteiger partial charge in [-0.2, -0.15) is 0 Å².